The van der Waals surface area contributed by atoms with Crippen molar-refractivity contribution < 1.29 is 106 Å². The molecular formula is H9Al4O22P7. The van der Waals surface area contributed by atoms with E-state index in [1.807, 2.05) is 0 Å². The van der Waals surface area contributed by atoms with Gasteiger partial charge in [-0.05, 0) is 0 Å². The summed E-state index contributed by atoms with van der Waals surface area (Å²) in [7, 11) is -24.3. The van der Waals surface area contributed by atoms with Crippen LogP contribution < -0.4 is 58.7 Å². The van der Waals surface area contributed by atoms with Crippen LogP contribution in [0.15, 0.2) is 0 Å². The van der Waals surface area contributed by atoms with Crippen molar-refractivity contribution in [2.75, 3.05) is 0 Å². The zero-order valence-corrected chi connectivity index (χ0v) is 26.0. The van der Waals surface area contributed by atoms with Crippen LogP contribution in [-0.4, -0.2) is 98.8 Å². The molecule has 0 aromatic heterocycles. The molecule has 0 saturated heterocycles. The maximum absolute atomic E-state index is 8.77. The van der Waals surface area contributed by atoms with E-state index >= 15 is 0 Å². The first-order chi connectivity index (χ1) is 12.2. The summed E-state index contributed by atoms with van der Waals surface area (Å²) in [6, 6.07) is 0. The molecule has 0 spiro atoms. The molecule has 0 aromatic carbocycles. The maximum atomic E-state index is 8.77. The average molecular weight is 686 g/mol. The van der Waals surface area contributed by atoms with Gasteiger partial charge in [0.05, 0.1) is 0 Å². The Morgan fingerprint density at radius 1 is 0.394 bits per heavy atom. The Hall–Kier alpha value is 3.62. The van der Waals surface area contributed by atoms with Crippen molar-refractivity contribution >= 4 is 128 Å². The number of hydrogen-bond acceptors (Lipinski definition) is 16. The molecule has 0 aliphatic heterocycles. The molecule has 0 atom stereocenters. The maximum Gasteiger partial charge on any atom is 3.00 e. The zero-order chi connectivity index (χ0) is 26.1. The Labute approximate surface area is 233 Å². The third-order valence-electron chi connectivity index (χ3n) is 0. The Bertz CT molecular complexity index is 342. The van der Waals surface area contributed by atoms with E-state index in [0.717, 1.165) is 0 Å². The van der Waals surface area contributed by atoms with Gasteiger partial charge in [0.15, 0.2) is 0 Å². The van der Waals surface area contributed by atoms with E-state index in [2.05, 4.69) is 0 Å². The van der Waals surface area contributed by atoms with Crippen molar-refractivity contribution in [2.24, 2.45) is 0 Å². The smallest absolute Gasteiger partial charge is 0.844 e. The van der Waals surface area contributed by atoms with Crippen molar-refractivity contribution in [1.29, 1.82) is 0 Å². The van der Waals surface area contributed by atoms with Crippen LogP contribution in [0.2, 0.25) is 0 Å². The summed E-state index contributed by atoms with van der Waals surface area (Å²) in [5, 5.41) is 0. The SMILES string of the molecule is O=P([O-])(O)O.O=P([O-])(O)O.O=P([O-])(O)O.O=P([O-])([O-])[O-].[Al+3].[Al+3].[Al+3].[Al+3].[O-]P[O-].[O-]P[O-].[O-]P[O-]. The van der Waals surface area contributed by atoms with Crippen LogP contribution in [0.4, 0.5) is 0 Å². The summed E-state index contributed by atoms with van der Waals surface area (Å²) < 4.78 is 34.9. The van der Waals surface area contributed by atoms with Crippen molar-refractivity contribution in [2.45, 2.75) is 0 Å². The number of rotatable bonds is 0. The fourth-order valence-corrected chi connectivity index (χ4v) is 0. The van der Waals surface area contributed by atoms with E-state index < -0.39 is 58.4 Å². The molecule has 188 valence electrons. The molecule has 0 heterocycles. The van der Waals surface area contributed by atoms with Gasteiger partial charge in [0.25, 0.3) is 23.5 Å². The molecular weight excluding hydrogens is 677 g/mol. The third kappa shape index (κ3) is 3070. The van der Waals surface area contributed by atoms with Crippen molar-refractivity contribution in [3.8, 4) is 0 Å². The molecule has 0 aliphatic carbocycles. The predicted octanol–water partition coefficient (Wildman–Crippen LogP) is -14.4. The second kappa shape index (κ2) is 45.5. The molecule has 0 saturated carbocycles. The van der Waals surface area contributed by atoms with Crippen molar-refractivity contribution in [3.63, 3.8) is 0 Å². The summed E-state index contributed by atoms with van der Waals surface area (Å²) in [4.78, 5) is 145. The quantitative estimate of drug-likeness (QED) is 0.102. The van der Waals surface area contributed by atoms with Crippen LogP contribution >= 0.6 is 58.4 Å². The summed E-state index contributed by atoms with van der Waals surface area (Å²) in [6.45, 7) is 0. The minimum atomic E-state index is -5.39. The molecule has 0 rings (SSSR count). The average Bonchev–Trinajstić information content (AvgIpc) is 2.20. The van der Waals surface area contributed by atoms with Crippen LogP contribution in [0.1, 0.15) is 0 Å². The molecule has 6 N–H and O–H groups in total. The third-order valence-corrected chi connectivity index (χ3v) is 0. The first-order valence-electron chi connectivity index (χ1n) is 4.25. The van der Waals surface area contributed by atoms with Crippen LogP contribution in [-0.2, 0) is 18.3 Å². The molecule has 0 amide bonds. The Kier molecular flexibility index (Phi) is 97.7. The topological polar surface area (TPSA) is 466 Å². The van der Waals surface area contributed by atoms with Crippen LogP contribution in [0.3, 0.4) is 0 Å². The Morgan fingerprint density at radius 3 is 0.394 bits per heavy atom. The monoisotopic (exact) mass is 686 g/mol. The van der Waals surface area contributed by atoms with Crippen LogP contribution in [0, 0.1) is 0 Å². The van der Waals surface area contributed by atoms with Gasteiger partial charge in [-0.1, -0.05) is 0 Å². The standard InChI is InChI=1S/4Al.4H3O4P.3HO2P/c;;;;4*1-5(2,3)4;3*1-3-2/h;;;;4*(H3,1,2,3,4);3*3H/q4*+3;;;;;3*-2/p-6. The van der Waals surface area contributed by atoms with E-state index in [4.69, 9.17) is 106 Å². The largest absolute Gasteiger partial charge is 3.00 e. The molecule has 0 radical (unpaired) electrons. The van der Waals surface area contributed by atoms with E-state index in [1.54, 1.807) is 0 Å². The molecule has 0 unspecified atom stereocenters. The summed E-state index contributed by atoms with van der Waals surface area (Å²) in [6.07, 6.45) is 0. The van der Waals surface area contributed by atoms with Gasteiger partial charge in [-0.15, -0.1) is 0 Å². The van der Waals surface area contributed by atoms with Gasteiger partial charge in [0, 0.05) is 0 Å². The summed E-state index contributed by atoms with van der Waals surface area (Å²) in [5.74, 6) is 0. The number of hydrogen-bond donors (Lipinski definition) is 6. The second-order valence-electron chi connectivity index (χ2n) is 2.17. The van der Waals surface area contributed by atoms with E-state index in [0.29, 0.717) is 0 Å². The molecule has 0 fully saturated rings. The Balaban J connectivity index is -0.0000000189. The van der Waals surface area contributed by atoms with Gasteiger partial charge >= 0.3 is 69.4 Å². The molecule has 33 heavy (non-hydrogen) atoms. The van der Waals surface area contributed by atoms with Crippen LogP contribution in [0.5, 0.6) is 0 Å². The zero-order valence-electron chi connectivity index (χ0n) is 14.8. The fraction of sp³-hybridized carbons (Fsp3) is 0. The van der Waals surface area contributed by atoms with E-state index in [9.17, 15) is 0 Å². The molecule has 22 nitrogen and oxygen atoms in total. The second-order valence-corrected chi connectivity index (χ2v) is 6.51. The molecule has 0 aromatic rings. The normalized spacial score (nSPS) is 8.79. The molecule has 0 aliphatic rings. The van der Waals surface area contributed by atoms with Gasteiger partial charge in [-0.25, -0.2) is 0 Å². The molecule has 33 heteroatoms. The van der Waals surface area contributed by atoms with E-state index in [-0.39, 0.29) is 69.4 Å². The summed E-state index contributed by atoms with van der Waals surface area (Å²) >= 11 is 0. The first kappa shape index (κ1) is 70.8. The van der Waals surface area contributed by atoms with E-state index in [1.165, 1.54) is 0 Å². The fourth-order valence-electron chi connectivity index (χ4n) is 0. The van der Waals surface area contributed by atoms with Crippen molar-refractivity contribution in [3.05, 3.63) is 0 Å². The first-order valence-corrected chi connectivity index (χ1v) is 12.8. The van der Waals surface area contributed by atoms with Gasteiger partial charge in [-0.2, -0.15) is 7.82 Å². The Morgan fingerprint density at radius 2 is 0.394 bits per heavy atom. The van der Waals surface area contributed by atoms with Crippen molar-refractivity contribution in [1.82, 2.24) is 0 Å². The number of phosphoric acid groups is 4. The summed E-state index contributed by atoms with van der Waals surface area (Å²) in [5.41, 5.74) is 0. The minimum absolute atomic E-state index is 0. The molecule has 0 bridgehead atoms. The minimum Gasteiger partial charge on any atom is -0.844 e. The predicted molar refractivity (Wildman–Crippen MR) is 91.7 cm³/mol. The van der Waals surface area contributed by atoms with Gasteiger partial charge < -0.3 is 120 Å². The van der Waals surface area contributed by atoms with Crippen LogP contribution in [0.25, 0.3) is 0 Å². The van der Waals surface area contributed by atoms with Gasteiger partial charge in [0.1, 0.15) is 0 Å². The van der Waals surface area contributed by atoms with Gasteiger partial charge in [-0.3, -0.25) is 13.7 Å². The van der Waals surface area contributed by atoms with Gasteiger partial charge in [0.2, 0.25) is 0 Å².